The first-order valence-electron chi connectivity index (χ1n) is 22.4. The van der Waals surface area contributed by atoms with Crippen LogP contribution in [0.2, 0.25) is 0 Å². The van der Waals surface area contributed by atoms with Crippen LogP contribution in [0.15, 0.2) is 231 Å². The average Bonchev–Trinajstić information content (AvgIpc) is 3.41. The highest BCUT2D eigenvalue weighted by Gasteiger charge is 2.18. The van der Waals surface area contributed by atoms with Crippen molar-refractivity contribution >= 4 is 65.2 Å². The zero-order chi connectivity index (χ0) is 43.6. The van der Waals surface area contributed by atoms with Crippen LogP contribution < -0.4 is 0 Å². The van der Waals surface area contributed by atoms with Gasteiger partial charge < -0.3 is 0 Å². The minimum atomic E-state index is 0.797. The molecule has 306 valence electrons. The van der Waals surface area contributed by atoms with E-state index in [0.717, 1.165) is 98.8 Å². The topological polar surface area (TPSA) is 51.6 Å². The number of nitrogens with zero attached hydrogens (tertiary/aromatic N) is 4. The molecule has 0 atom stereocenters. The monoisotopic (exact) mass is 838 g/mol. The fourth-order valence-corrected chi connectivity index (χ4v) is 9.80. The van der Waals surface area contributed by atoms with Crippen LogP contribution in [0.1, 0.15) is 0 Å². The van der Waals surface area contributed by atoms with Gasteiger partial charge in [0.25, 0.3) is 0 Å². The van der Waals surface area contributed by atoms with Crippen molar-refractivity contribution < 1.29 is 0 Å². The Hall–Kier alpha value is -8.86. The third-order valence-corrected chi connectivity index (χ3v) is 13.1. The van der Waals surface area contributed by atoms with Gasteiger partial charge in [-0.1, -0.05) is 188 Å². The van der Waals surface area contributed by atoms with E-state index in [0.29, 0.717) is 0 Å². The molecule has 0 bridgehead atoms. The quantitative estimate of drug-likeness (QED) is 0.157. The van der Waals surface area contributed by atoms with Crippen LogP contribution in [0.4, 0.5) is 0 Å². The molecule has 0 radical (unpaired) electrons. The van der Waals surface area contributed by atoms with E-state index in [1.165, 1.54) is 33.4 Å². The Morgan fingerprint density at radius 2 is 0.485 bits per heavy atom. The largest absolute Gasteiger partial charge is 0.252 e. The summed E-state index contributed by atoms with van der Waals surface area (Å²) in [4.78, 5) is 21.2. The van der Waals surface area contributed by atoms with Crippen LogP contribution in [0.25, 0.3) is 132 Å². The van der Waals surface area contributed by atoms with Crippen molar-refractivity contribution in [2.45, 2.75) is 0 Å². The maximum atomic E-state index is 5.43. The number of fused-ring (bicyclic) bond motifs is 12. The summed E-state index contributed by atoms with van der Waals surface area (Å²) in [6.45, 7) is 0. The van der Waals surface area contributed by atoms with Crippen molar-refractivity contribution in [2.24, 2.45) is 0 Å². The fraction of sp³-hybridized carbons (Fsp3) is 0. The zero-order valence-corrected chi connectivity index (χ0v) is 35.7. The van der Waals surface area contributed by atoms with Gasteiger partial charge in [0.05, 0.1) is 45.8 Å². The van der Waals surface area contributed by atoms with Crippen molar-refractivity contribution in [3.8, 4) is 67.0 Å². The molecule has 0 aliphatic carbocycles. The summed E-state index contributed by atoms with van der Waals surface area (Å²) < 4.78 is 0. The molecule has 13 rings (SSSR count). The summed E-state index contributed by atoms with van der Waals surface area (Å²) in [6, 6.07) is 77.6. The van der Waals surface area contributed by atoms with E-state index in [1.807, 2.05) is 12.4 Å². The molecule has 4 nitrogen and oxygen atoms in total. The van der Waals surface area contributed by atoms with Gasteiger partial charge in [-0.05, 0) is 96.4 Å². The molecule has 11 aromatic carbocycles. The maximum Gasteiger partial charge on any atom is 0.0979 e. The summed E-state index contributed by atoms with van der Waals surface area (Å²) >= 11 is 0. The minimum Gasteiger partial charge on any atom is -0.252 e. The van der Waals surface area contributed by atoms with Gasteiger partial charge in [0.1, 0.15) is 0 Å². The molecule has 66 heavy (non-hydrogen) atoms. The highest BCUT2D eigenvalue weighted by molar-refractivity contribution is 6.25. The van der Waals surface area contributed by atoms with Crippen LogP contribution in [-0.4, -0.2) is 19.9 Å². The number of rotatable bonds is 6. The fourth-order valence-electron chi connectivity index (χ4n) is 9.80. The van der Waals surface area contributed by atoms with Gasteiger partial charge in [0.2, 0.25) is 0 Å². The van der Waals surface area contributed by atoms with Crippen molar-refractivity contribution in [1.82, 2.24) is 19.9 Å². The molecule has 2 heterocycles. The molecule has 4 heteroatoms. The lowest BCUT2D eigenvalue weighted by atomic mass is 9.93. The number of hydrogen-bond donors (Lipinski definition) is 0. The second kappa shape index (κ2) is 15.4. The summed E-state index contributed by atoms with van der Waals surface area (Å²) in [5.41, 5.74) is 16.4. The van der Waals surface area contributed by atoms with Crippen molar-refractivity contribution in [2.75, 3.05) is 0 Å². The van der Waals surface area contributed by atoms with Crippen molar-refractivity contribution in [3.05, 3.63) is 231 Å². The van der Waals surface area contributed by atoms with E-state index < -0.39 is 0 Å². The maximum absolute atomic E-state index is 5.43. The summed E-state index contributed by atoms with van der Waals surface area (Å²) in [5, 5.41) is 8.90. The molecule has 0 saturated carbocycles. The Kier molecular flexibility index (Phi) is 8.81. The first-order valence-corrected chi connectivity index (χ1v) is 22.4. The van der Waals surface area contributed by atoms with E-state index in [4.69, 9.17) is 19.9 Å². The van der Waals surface area contributed by atoms with Gasteiger partial charge in [-0.15, -0.1) is 0 Å². The molecule has 0 saturated heterocycles. The molecule has 0 aliphatic rings. The number of aromatic nitrogens is 4. The van der Waals surface area contributed by atoms with Gasteiger partial charge >= 0.3 is 0 Å². The highest BCUT2D eigenvalue weighted by Crippen LogP contribution is 2.41. The summed E-state index contributed by atoms with van der Waals surface area (Å²) in [7, 11) is 0. The predicted octanol–water partition coefficient (Wildman–Crippen LogP) is 16.2. The molecule has 13 aromatic rings. The van der Waals surface area contributed by atoms with E-state index in [1.54, 1.807) is 0 Å². The minimum absolute atomic E-state index is 0.797. The average molecular weight is 839 g/mol. The Morgan fingerprint density at radius 1 is 0.197 bits per heavy atom. The second-order valence-corrected chi connectivity index (χ2v) is 17.0. The molecular formula is C62H38N4. The van der Waals surface area contributed by atoms with Crippen LogP contribution >= 0.6 is 0 Å². The molecule has 0 aliphatic heterocycles. The summed E-state index contributed by atoms with van der Waals surface area (Å²) in [6.07, 6.45) is 3.83. The molecule has 0 unspecified atom stereocenters. The van der Waals surface area contributed by atoms with Gasteiger partial charge in [-0.3, -0.25) is 9.97 Å². The number of benzene rings is 11. The van der Waals surface area contributed by atoms with E-state index >= 15 is 0 Å². The Labute approximate surface area is 381 Å². The lowest BCUT2D eigenvalue weighted by Gasteiger charge is -2.14. The number of hydrogen-bond acceptors (Lipinski definition) is 4. The molecule has 0 N–H and O–H groups in total. The van der Waals surface area contributed by atoms with Crippen LogP contribution in [-0.2, 0) is 0 Å². The second-order valence-electron chi connectivity index (χ2n) is 17.0. The van der Waals surface area contributed by atoms with Crippen molar-refractivity contribution in [1.29, 1.82) is 0 Å². The van der Waals surface area contributed by atoms with Crippen LogP contribution in [0.5, 0.6) is 0 Å². The van der Waals surface area contributed by atoms with Gasteiger partial charge in [-0.2, -0.15) is 0 Å². The normalized spacial score (nSPS) is 11.6. The zero-order valence-electron chi connectivity index (χ0n) is 35.7. The standard InChI is InChI=1S/C62H38N4/c1-5-14-39(15-6-1)43-24-28-49-53(33-43)55-35-45(41-18-9-3-10-19-41)26-30-51(55)61-59(49)63-37-57(65-61)47-22-13-23-48(32-47)58-38-64-60-50-29-25-44(40-16-7-2-8-17-40)34-54(50)56-36-46(42-20-11-4-12-21-42)27-31-52(56)62(60)66-58/h1-38H. The van der Waals surface area contributed by atoms with Crippen LogP contribution in [0, 0.1) is 0 Å². The van der Waals surface area contributed by atoms with E-state index in [2.05, 4.69) is 218 Å². The molecule has 2 aromatic heterocycles. The molecule has 0 amide bonds. The highest BCUT2D eigenvalue weighted by atomic mass is 14.8. The molecule has 0 fully saturated rings. The SMILES string of the molecule is c1ccc(-c2ccc3c(c2)c2cc(-c4ccccc4)ccc2c2nc(-c4cccc(-c5cnc6c7ccc(-c8ccccc8)cc7c7cc(-c8ccccc8)ccc7c6n5)c4)cnc32)cc1. The Bertz CT molecular complexity index is 3760. The smallest absolute Gasteiger partial charge is 0.0979 e. The van der Waals surface area contributed by atoms with Gasteiger partial charge in [0, 0.05) is 32.7 Å². The lowest BCUT2D eigenvalue weighted by molar-refractivity contribution is 1.29. The van der Waals surface area contributed by atoms with Crippen LogP contribution in [0.3, 0.4) is 0 Å². The van der Waals surface area contributed by atoms with E-state index in [-0.39, 0.29) is 0 Å². The third-order valence-electron chi connectivity index (χ3n) is 13.1. The molecular weight excluding hydrogens is 801 g/mol. The third kappa shape index (κ3) is 6.38. The first kappa shape index (κ1) is 37.7. The first-order chi connectivity index (χ1) is 32.7. The molecule has 0 spiro atoms. The van der Waals surface area contributed by atoms with Gasteiger partial charge in [-0.25, -0.2) is 9.97 Å². The van der Waals surface area contributed by atoms with E-state index in [9.17, 15) is 0 Å². The van der Waals surface area contributed by atoms with Crippen molar-refractivity contribution in [3.63, 3.8) is 0 Å². The summed E-state index contributed by atoms with van der Waals surface area (Å²) in [5.74, 6) is 0. The lowest BCUT2D eigenvalue weighted by Crippen LogP contribution is -1.95. The van der Waals surface area contributed by atoms with Gasteiger partial charge in [0.15, 0.2) is 0 Å². The Morgan fingerprint density at radius 3 is 0.803 bits per heavy atom. The Balaban J connectivity index is 0.959. The predicted molar refractivity (Wildman–Crippen MR) is 275 cm³/mol.